The molecule has 0 atom stereocenters. The van der Waals surface area contributed by atoms with Crippen molar-refractivity contribution in [2.24, 2.45) is 0 Å². The monoisotopic (exact) mass is 369 g/mol. The van der Waals surface area contributed by atoms with Crippen molar-refractivity contribution in [1.82, 2.24) is 10.2 Å². The molecule has 0 aromatic heterocycles. The number of amides is 1. The van der Waals surface area contributed by atoms with Gasteiger partial charge in [0.1, 0.15) is 0 Å². The van der Waals surface area contributed by atoms with Crippen LogP contribution in [-0.4, -0.2) is 71.4 Å². The van der Waals surface area contributed by atoms with Gasteiger partial charge in [-0.1, -0.05) is 0 Å². The maximum atomic E-state index is 12.2. The maximum Gasteiger partial charge on any atom is 0.251 e. The highest BCUT2D eigenvalue weighted by molar-refractivity contribution is 7.92. The minimum atomic E-state index is -3.29. The second-order valence-electron chi connectivity index (χ2n) is 5.98. The number of carbonyl (C=O) groups is 1. The number of carbonyl (C=O) groups excluding carboxylic acids is 1. The van der Waals surface area contributed by atoms with E-state index in [0.717, 1.165) is 39.3 Å². The SMILES string of the molecule is CCS(=O)(=O)N(C)c1ccc(C(=O)NCCCN2CCOCC2)cc1. The molecule has 140 valence electrons. The molecule has 2 rings (SSSR count). The summed E-state index contributed by atoms with van der Waals surface area (Å²) in [6.07, 6.45) is 0.890. The van der Waals surface area contributed by atoms with Gasteiger partial charge < -0.3 is 10.1 Å². The Morgan fingerprint density at radius 3 is 2.48 bits per heavy atom. The molecule has 8 heteroatoms. The number of hydrogen-bond donors (Lipinski definition) is 1. The van der Waals surface area contributed by atoms with Crippen molar-refractivity contribution in [1.29, 1.82) is 0 Å². The molecule has 7 nitrogen and oxygen atoms in total. The van der Waals surface area contributed by atoms with E-state index >= 15 is 0 Å². The molecule has 0 aliphatic carbocycles. The minimum absolute atomic E-state index is 0.0366. The van der Waals surface area contributed by atoms with Crippen LogP contribution in [0, 0.1) is 0 Å². The topological polar surface area (TPSA) is 79.0 Å². The van der Waals surface area contributed by atoms with E-state index in [4.69, 9.17) is 4.74 Å². The third kappa shape index (κ3) is 5.69. The van der Waals surface area contributed by atoms with Gasteiger partial charge in [0.05, 0.1) is 24.7 Å². The van der Waals surface area contributed by atoms with E-state index in [0.29, 0.717) is 17.8 Å². The Bertz CT molecular complexity index is 655. The molecular weight excluding hydrogens is 342 g/mol. The molecule has 0 bridgehead atoms. The number of ether oxygens (including phenoxy) is 1. The van der Waals surface area contributed by atoms with Gasteiger partial charge in [0.2, 0.25) is 10.0 Å². The molecule has 1 aromatic carbocycles. The van der Waals surface area contributed by atoms with E-state index < -0.39 is 10.0 Å². The van der Waals surface area contributed by atoms with E-state index in [1.807, 2.05) is 0 Å². The van der Waals surface area contributed by atoms with Gasteiger partial charge in [-0.2, -0.15) is 0 Å². The fraction of sp³-hybridized carbons (Fsp3) is 0.588. The van der Waals surface area contributed by atoms with Crippen LogP contribution >= 0.6 is 0 Å². The minimum Gasteiger partial charge on any atom is -0.379 e. The Kier molecular flexibility index (Phi) is 7.22. The van der Waals surface area contributed by atoms with Crippen molar-refractivity contribution in [3.63, 3.8) is 0 Å². The number of anilines is 1. The summed E-state index contributed by atoms with van der Waals surface area (Å²) in [6.45, 7) is 6.61. The van der Waals surface area contributed by atoms with E-state index in [1.165, 1.54) is 11.4 Å². The van der Waals surface area contributed by atoms with Crippen molar-refractivity contribution in [3.05, 3.63) is 29.8 Å². The number of morpholine rings is 1. The molecule has 1 heterocycles. The van der Waals surface area contributed by atoms with Crippen LogP contribution in [0.2, 0.25) is 0 Å². The summed E-state index contributed by atoms with van der Waals surface area (Å²) in [5.41, 5.74) is 1.07. The van der Waals surface area contributed by atoms with Crippen LogP contribution in [0.5, 0.6) is 0 Å². The molecule has 1 amide bonds. The van der Waals surface area contributed by atoms with Crippen molar-refractivity contribution in [3.8, 4) is 0 Å². The van der Waals surface area contributed by atoms with E-state index in [1.54, 1.807) is 31.2 Å². The first-order chi connectivity index (χ1) is 11.9. The van der Waals surface area contributed by atoms with Crippen LogP contribution in [-0.2, 0) is 14.8 Å². The zero-order chi connectivity index (χ0) is 18.3. The molecule has 1 fully saturated rings. The lowest BCUT2D eigenvalue weighted by Gasteiger charge is -2.26. The summed E-state index contributed by atoms with van der Waals surface area (Å²) < 4.78 is 30.3. The van der Waals surface area contributed by atoms with Crippen molar-refractivity contribution >= 4 is 21.6 Å². The Hall–Kier alpha value is -1.64. The molecule has 0 saturated carbocycles. The number of nitrogens with one attached hydrogen (secondary N) is 1. The smallest absolute Gasteiger partial charge is 0.251 e. The van der Waals surface area contributed by atoms with Crippen LogP contribution in [0.1, 0.15) is 23.7 Å². The standard InChI is InChI=1S/C17H27N3O4S/c1-3-25(22,23)19(2)16-7-5-15(6-8-16)17(21)18-9-4-10-20-11-13-24-14-12-20/h5-8H,3-4,9-14H2,1-2H3,(H,18,21). The largest absolute Gasteiger partial charge is 0.379 e. The summed E-state index contributed by atoms with van der Waals surface area (Å²) in [5.74, 6) is -0.107. The molecule has 25 heavy (non-hydrogen) atoms. The summed E-state index contributed by atoms with van der Waals surface area (Å²) in [7, 11) is -1.78. The predicted molar refractivity (Wildman–Crippen MR) is 98.5 cm³/mol. The van der Waals surface area contributed by atoms with Crippen LogP contribution in [0.25, 0.3) is 0 Å². The quantitative estimate of drug-likeness (QED) is 0.690. The Balaban J connectivity index is 1.79. The van der Waals surface area contributed by atoms with Gasteiger partial charge in [-0.15, -0.1) is 0 Å². The molecule has 0 unspecified atom stereocenters. The summed E-state index contributed by atoms with van der Waals surface area (Å²) in [5, 5.41) is 2.90. The fourth-order valence-electron chi connectivity index (χ4n) is 2.61. The molecule has 1 saturated heterocycles. The first-order valence-corrected chi connectivity index (χ1v) is 10.2. The Labute approximate surface area is 150 Å². The highest BCUT2D eigenvalue weighted by Crippen LogP contribution is 2.17. The van der Waals surface area contributed by atoms with Crippen molar-refractivity contribution < 1.29 is 17.9 Å². The van der Waals surface area contributed by atoms with Crippen LogP contribution in [0.4, 0.5) is 5.69 Å². The average molecular weight is 369 g/mol. The highest BCUT2D eigenvalue weighted by Gasteiger charge is 2.16. The van der Waals surface area contributed by atoms with E-state index in [9.17, 15) is 13.2 Å². The van der Waals surface area contributed by atoms with Gasteiger partial charge in [0.15, 0.2) is 0 Å². The number of sulfonamides is 1. The van der Waals surface area contributed by atoms with Gasteiger partial charge in [0.25, 0.3) is 5.91 Å². The Morgan fingerprint density at radius 2 is 1.88 bits per heavy atom. The first kappa shape index (κ1) is 19.7. The lowest BCUT2D eigenvalue weighted by molar-refractivity contribution is 0.0374. The predicted octanol–water partition coefficient (Wildman–Crippen LogP) is 0.925. The normalized spacial score (nSPS) is 15.8. The van der Waals surface area contributed by atoms with Gasteiger partial charge >= 0.3 is 0 Å². The summed E-state index contributed by atoms with van der Waals surface area (Å²) >= 11 is 0. The molecular formula is C17H27N3O4S. The van der Waals surface area contributed by atoms with Crippen molar-refractivity contribution in [2.75, 3.05) is 56.5 Å². The van der Waals surface area contributed by atoms with E-state index in [2.05, 4.69) is 10.2 Å². The second-order valence-corrected chi connectivity index (χ2v) is 8.27. The van der Waals surface area contributed by atoms with Crippen LogP contribution in [0.15, 0.2) is 24.3 Å². The number of nitrogens with zero attached hydrogens (tertiary/aromatic N) is 2. The molecule has 0 radical (unpaired) electrons. The number of hydrogen-bond acceptors (Lipinski definition) is 5. The van der Waals surface area contributed by atoms with Crippen molar-refractivity contribution in [2.45, 2.75) is 13.3 Å². The van der Waals surface area contributed by atoms with Gasteiger partial charge in [-0.3, -0.25) is 14.0 Å². The third-order valence-electron chi connectivity index (χ3n) is 4.32. The maximum absolute atomic E-state index is 12.2. The van der Waals surface area contributed by atoms with E-state index in [-0.39, 0.29) is 11.7 Å². The zero-order valence-electron chi connectivity index (χ0n) is 14.9. The van der Waals surface area contributed by atoms with Gasteiger partial charge in [0, 0.05) is 32.2 Å². The first-order valence-electron chi connectivity index (χ1n) is 8.59. The second kappa shape index (κ2) is 9.17. The molecule has 1 aromatic rings. The summed E-state index contributed by atoms with van der Waals surface area (Å²) in [6, 6.07) is 6.59. The highest BCUT2D eigenvalue weighted by atomic mass is 32.2. The van der Waals surface area contributed by atoms with Crippen LogP contribution < -0.4 is 9.62 Å². The lowest BCUT2D eigenvalue weighted by atomic mass is 10.2. The molecule has 1 N–H and O–H groups in total. The molecule has 1 aliphatic rings. The van der Waals surface area contributed by atoms with Crippen LogP contribution in [0.3, 0.4) is 0 Å². The summed E-state index contributed by atoms with van der Waals surface area (Å²) in [4.78, 5) is 14.5. The number of benzene rings is 1. The Morgan fingerprint density at radius 1 is 1.24 bits per heavy atom. The molecule has 1 aliphatic heterocycles. The van der Waals surface area contributed by atoms with Gasteiger partial charge in [-0.25, -0.2) is 8.42 Å². The lowest BCUT2D eigenvalue weighted by Crippen LogP contribution is -2.38. The fourth-order valence-corrected chi connectivity index (χ4v) is 3.44. The average Bonchev–Trinajstić information content (AvgIpc) is 2.65. The molecule has 0 spiro atoms. The van der Waals surface area contributed by atoms with Gasteiger partial charge in [-0.05, 0) is 44.2 Å². The number of rotatable bonds is 8. The third-order valence-corrected chi connectivity index (χ3v) is 6.09. The zero-order valence-corrected chi connectivity index (χ0v) is 15.7.